The standard InChI is InChI=1S/C16H20N2O5/c1-2-22-14-8-21-6-5-12(14)18-16(20)10-3-4-11-13(7-10)23-9-15(19)17-11/h3-4,7,12,14H,2,5-6,8-9H2,1H3,(H,17,19)(H,18,20)/t12-,14-/m1/s1. The molecule has 7 nitrogen and oxygen atoms in total. The second-order valence-corrected chi connectivity index (χ2v) is 5.49. The van der Waals surface area contributed by atoms with E-state index in [2.05, 4.69) is 10.6 Å². The smallest absolute Gasteiger partial charge is 0.262 e. The molecule has 0 aliphatic carbocycles. The molecule has 2 aliphatic rings. The van der Waals surface area contributed by atoms with E-state index < -0.39 is 0 Å². The van der Waals surface area contributed by atoms with Crippen molar-refractivity contribution in [3.63, 3.8) is 0 Å². The molecule has 0 spiro atoms. The summed E-state index contributed by atoms with van der Waals surface area (Å²) in [6.45, 7) is 3.55. The summed E-state index contributed by atoms with van der Waals surface area (Å²) in [6.07, 6.45) is 0.583. The molecule has 2 atom stereocenters. The van der Waals surface area contributed by atoms with Gasteiger partial charge >= 0.3 is 0 Å². The molecule has 0 bridgehead atoms. The summed E-state index contributed by atoms with van der Waals surface area (Å²) in [5.74, 6) is 0.118. The quantitative estimate of drug-likeness (QED) is 0.862. The van der Waals surface area contributed by atoms with E-state index in [1.54, 1.807) is 18.2 Å². The Labute approximate surface area is 134 Å². The van der Waals surface area contributed by atoms with Gasteiger partial charge in [-0.05, 0) is 31.5 Å². The number of carbonyl (C=O) groups excluding carboxylic acids is 2. The van der Waals surface area contributed by atoms with E-state index in [1.807, 2.05) is 6.92 Å². The first kappa shape index (κ1) is 15.8. The van der Waals surface area contributed by atoms with Crippen LogP contribution in [0, 0.1) is 0 Å². The van der Waals surface area contributed by atoms with Gasteiger partial charge in [0.2, 0.25) is 0 Å². The second-order valence-electron chi connectivity index (χ2n) is 5.49. The van der Waals surface area contributed by atoms with Crippen LogP contribution in [0.15, 0.2) is 18.2 Å². The average molecular weight is 320 g/mol. The number of hydrogen-bond donors (Lipinski definition) is 2. The summed E-state index contributed by atoms with van der Waals surface area (Å²) in [5, 5.41) is 5.70. The number of amides is 2. The van der Waals surface area contributed by atoms with Gasteiger partial charge < -0.3 is 24.8 Å². The predicted octanol–water partition coefficient (Wildman–Crippen LogP) is 0.941. The third-order valence-electron chi connectivity index (χ3n) is 3.88. The summed E-state index contributed by atoms with van der Waals surface area (Å²) in [5.41, 5.74) is 1.07. The number of benzene rings is 1. The lowest BCUT2D eigenvalue weighted by Crippen LogP contribution is -2.50. The molecule has 0 radical (unpaired) electrons. The van der Waals surface area contributed by atoms with Crippen molar-refractivity contribution in [2.24, 2.45) is 0 Å². The highest BCUT2D eigenvalue weighted by atomic mass is 16.5. The van der Waals surface area contributed by atoms with Crippen LogP contribution in [-0.4, -0.2) is 50.4 Å². The van der Waals surface area contributed by atoms with Crippen LogP contribution in [0.3, 0.4) is 0 Å². The van der Waals surface area contributed by atoms with E-state index in [-0.39, 0.29) is 30.6 Å². The highest BCUT2D eigenvalue weighted by molar-refractivity contribution is 5.99. The number of rotatable bonds is 4. The largest absolute Gasteiger partial charge is 0.482 e. The van der Waals surface area contributed by atoms with Crippen LogP contribution in [0.25, 0.3) is 0 Å². The molecule has 1 aromatic carbocycles. The van der Waals surface area contributed by atoms with Crippen LogP contribution in [-0.2, 0) is 14.3 Å². The minimum Gasteiger partial charge on any atom is -0.482 e. The van der Waals surface area contributed by atoms with Gasteiger partial charge in [-0.15, -0.1) is 0 Å². The van der Waals surface area contributed by atoms with Crippen LogP contribution in [0.4, 0.5) is 5.69 Å². The van der Waals surface area contributed by atoms with E-state index in [9.17, 15) is 9.59 Å². The van der Waals surface area contributed by atoms with Crippen LogP contribution < -0.4 is 15.4 Å². The van der Waals surface area contributed by atoms with Gasteiger partial charge in [0.15, 0.2) is 6.61 Å². The topological polar surface area (TPSA) is 85.9 Å². The van der Waals surface area contributed by atoms with Gasteiger partial charge in [-0.3, -0.25) is 9.59 Å². The van der Waals surface area contributed by atoms with Crippen LogP contribution in [0.2, 0.25) is 0 Å². The van der Waals surface area contributed by atoms with Crippen LogP contribution >= 0.6 is 0 Å². The van der Waals surface area contributed by atoms with E-state index >= 15 is 0 Å². The van der Waals surface area contributed by atoms with Gasteiger partial charge in [-0.2, -0.15) is 0 Å². The van der Waals surface area contributed by atoms with Crippen molar-refractivity contribution < 1.29 is 23.8 Å². The summed E-state index contributed by atoms with van der Waals surface area (Å²) in [6, 6.07) is 4.90. The molecule has 0 unspecified atom stereocenters. The highest BCUT2D eigenvalue weighted by Crippen LogP contribution is 2.28. The molecular weight excluding hydrogens is 300 g/mol. The predicted molar refractivity (Wildman–Crippen MR) is 82.7 cm³/mol. The van der Waals surface area contributed by atoms with Gasteiger partial charge in [0.05, 0.1) is 18.3 Å². The first-order valence-electron chi connectivity index (χ1n) is 7.74. The Bertz CT molecular complexity index is 602. The van der Waals surface area contributed by atoms with Crippen LogP contribution in [0.5, 0.6) is 5.75 Å². The molecule has 124 valence electrons. The molecule has 23 heavy (non-hydrogen) atoms. The minimum absolute atomic E-state index is 0.0373. The first-order valence-corrected chi connectivity index (χ1v) is 7.74. The number of carbonyl (C=O) groups is 2. The van der Waals surface area contributed by atoms with Crippen molar-refractivity contribution in [1.82, 2.24) is 5.32 Å². The number of nitrogens with one attached hydrogen (secondary N) is 2. The summed E-state index contributed by atoms with van der Waals surface area (Å²) >= 11 is 0. The van der Waals surface area contributed by atoms with Gasteiger partial charge in [-0.25, -0.2) is 0 Å². The number of anilines is 1. The SMILES string of the molecule is CCO[C@@H]1COCC[C@H]1NC(=O)c1ccc2c(c1)OCC(=O)N2. The molecule has 2 amide bonds. The van der Waals surface area contributed by atoms with Gasteiger partial charge in [0.1, 0.15) is 11.9 Å². The van der Waals surface area contributed by atoms with Crippen molar-refractivity contribution in [3.8, 4) is 5.75 Å². The van der Waals surface area contributed by atoms with Crippen LogP contribution in [0.1, 0.15) is 23.7 Å². The van der Waals surface area contributed by atoms with E-state index in [0.29, 0.717) is 43.2 Å². The van der Waals surface area contributed by atoms with E-state index in [0.717, 1.165) is 0 Å². The fraction of sp³-hybridized carbons (Fsp3) is 0.500. The molecule has 7 heteroatoms. The zero-order chi connectivity index (χ0) is 16.2. The van der Waals surface area contributed by atoms with Crippen molar-refractivity contribution >= 4 is 17.5 Å². The lowest BCUT2D eigenvalue weighted by atomic mass is 10.0. The zero-order valence-electron chi connectivity index (χ0n) is 13.0. The minimum atomic E-state index is -0.198. The molecular formula is C16H20N2O5. The molecule has 0 aromatic heterocycles. The molecule has 2 heterocycles. The van der Waals surface area contributed by atoms with E-state index in [4.69, 9.17) is 14.2 Å². The third kappa shape index (κ3) is 3.62. The molecule has 1 fully saturated rings. The number of hydrogen-bond acceptors (Lipinski definition) is 5. The van der Waals surface area contributed by atoms with Crippen molar-refractivity contribution in [1.29, 1.82) is 0 Å². The number of fused-ring (bicyclic) bond motifs is 1. The molecule has 0 saturated carbocycles. The molecule has 2 N–H and O–H groups in total. The third-order valence-corrected chi connectivity index (χ3v) is 3.88. The summed E-state index contributed by atoms with van der Waals surface area (Å²) < 4.78 is 16.4. The van der Waals surface area contributed by atoms with Gasteiger partial charge in [0, 0.05) is 18.8 Å². The summed E-state index contributed by atoms with van der Waals surface area (Å²) in [4.78, 5) is 23.7. The van der Waals surface area contributed by atoms with Gasteiger partial charge in [-0.1, -0.05) is 0 Å². The maximum atomic E-state index is 12.5. The Balaban J connectivity index is 1.69. The van der Waals surface area contributed by atoms with Crippen molar-refractivity contribution in [2.45, 2.75) is 25.5 Å². The average Bonchev–Trinajstić information content (AvgIpc) is 2.56. The summed E-state index contributed by atoms with van der Waals surface area (Å²) in [7, 11) is 0. The maximum absolute atomic E-state index is 12.5. The maximum Gasteiger partial charge on any atom is 0.262 e. The van der Waals surface area contributed by atoms with Crippen molar-refractivity contribution in [3.05, 3.63) is 23.8 Å². The van der Waals surface area contributed by atoms with Gasteiger partial charge in [0.25, 0.3) is 11.8 Å². The Morgan fingerprint density at radius 2 is 2.35 bits per heavy atom. The Kier molecular flexibility index (Phi) is 4.78. The molecule has 2 aliphatic heterocycles. The molecule has 1 aromatic rings. The fourth-order valence-electron chi connectivity index (χ4n) is 2.72. The lowest BCUT2D eigenvalue weighted by Gasteiger charge is -2.31. The Morgan fingerprint density at radius 1 is 1.48 bits per heavy atom. The highest BCUT2D eigenvalue weighted by Gasteiger charge is 2.28. The Morgan fingerprint density at radius 3 is 3.17 bits per heavy atom. The fourth-order valence-corrected chi connectivity index (χ4v) is 2.72. The van der Waals surface area contributed by atoms with E-state index in [1.165, 1.54) is 0 Å². The first-order chi connectivity index (χ1) is 11.2. The second kappa shape index (κ2) is 6.97. The number of ether oxygens (including phenoxy) is 3. The Hall–Kier alpha value is -2.12. The molecule has 3 rings (SSSR count). The van der Waals surface area contributed by atoms with Crippen molar-refractivity contribution in [2.75, 3.05) is 31.7 Å². The monoisotopic (exact) mass is 320 g/mol. The normalized spacial score (nSPS) is 23.4. The molecule has 1 saturated heterocycles. The lowest BCUT2D eigenvalue weighted by molar-refractivity contribution is -0.118. The zero-order valence-corrected chi connectivity index (χ0v) is 13.0.